The Labute approximate surface area is 111 Å². The van der Waals surface area contributed by atoms with E-state index in [1.165, 1.54) is 16.5 Å². The van der Waals surface area contributed by atoms with Crippen molar-refractivity contribution in [2.75, 3.05) is 0 Å². The molecular weight excluding hydrogens is 236 g/mol. The summed E-state index contributed by atoms with van der Waals surface area (Å²) in [5.41, 5.74) is 11.9. The second-order valence-electron chi connectivity index (χ2n) is 4.72. The molecule has 2 aromatic heterocycles. The Morgan fingerprint density at radius 3 is 2.79 bits per heavy atom. The molecule has 0 radical (unpaired) electrons. The van der Waals surface area contributed by atoms with Gasteiger partial charge >= 0.3 is 0 Å². The highest BCUT2D eigenvalue weighted by Crippen LogP contribution is 2.29. The largest absolute Gasteiger partial charge is 0.353 e. The summed E-state index contributed by atoms with van der Waals surface area (Å²) in [5.74, 6) is 0. The van der Waals surface area contributed by atoms with Crippen molar-refractivity contribution < 1.29 is 0 Å². The lowest BCUT2D eigenvalue weighted by Gasteiger charge is -2.01. The number of benzene rings is 1. The number of aromatic nitrogens is 3. The third kappa shape index (κ3) is 1.90. The molecule has 19 heavy (non-hydrogen) atoms. The molecule has 3 rings (SSSR count). The fourth-order valence-corrected chi connectivity index (χ4v) is 2.38. The Hall–Kier alpha value is -2.20. The number of H-pyrrole nitrogens is 1. The molecular formula is C15H16N4. The maximum atomic E-state index is 5.62. The summed E-state index contributed by atoms with van der Waals surface area (Å²) in [6, 6.07) is 6.30. The summed E-state index contributed by atoms with van der Waals surface area (Å²) in [4.78, 5) is 12.2. The second-order valence-corrected chi connectivity index (χ2v) is 4.72. The normalized spacial score (nSPS) is 11.1. The maximum absolute atomic E-state index is 5.62. The summed E-state index contributed by atoms with van der Waals surface area (Å²) < 4.78 is 0. The fraction of sp³-hybridized carbons (Fsp3) is 0.200. The number of nitrogens with two attached hydrogens (primary N) is 1. The molecule has 0 spiro atoms. The number of para-hydroxylation sites is 1. The van der Waals surface area contributed by atoms with Crippen LogP contribution in [0.25, 0.3) is 22.3 Å². The van der Waals surface area contributed by atoms with Gasteiger partial charge in [-0.05, 0) is 25.0 Å². The Morgan fingerprint density at radius 2 is 2.05 bits per heavy atom. The molecule has 96 valence electrons. The third-order valence-corrected chi connectivity index (χ3v) is 3.45. The number of hydrogen-bond donors (Lipinski definition) is 2. The van der Waals surface area contributed by atoms with Gasteiger partial charge < -0.3 is 10.7 Å². The van der Waals surface area contributed by atoms with Crippen LogP contribution in [0.1, 0.15) is 16.8 Å². The van der Waals surface area contributed by atoms with Crippen LogP contribution in [0.2, 0.25) is 0 Å². The summed E-state index contributed by atoms with van der Waals surface area (Å²) in [7, 11) is 0. The zero-order chi connectivity index (χ0) is 13.4. The number of aryl methyl sites for hydroxylation is 2. The van der Waals surface area contributed by atoms with Crippen LogP contribution in [0.3, 0.4) is 0 Å². The molecule has 1 aromatic carbocycles. The smallest absolute Gasteiger partial charge is 0.105 e. The van der Waals surface area contributed by atoms with Crippen LogP contribution >= 0.6 is 0 Å². The SMILES string of the molecule is Cc1c(-c2cncc(CN)n2)[nH]c2c(C)cccc12. The summed E-state index contributed by atoms with van der Waals surface area (Å²) in [5, 5.41) is 1.23. The van der Waals surface area contributed by atoms with Crippen molar-refractivity contribution in [3.8, 4) is 11.4 Å². The molecule has 2 heterocycles. The van der Waals surface area contributed by atoms with Gasteiger partial charge in [0.25, 0.3) is 0 Å². The minimum Gasteiger partial charge on any atom is -0.353 e. The molecule has 4 heteroatoms. The lowest BCUT2D eigenvalue weighted by atomic mass is 10.1. The molecule has 0 amide bonds. The number of aromatic amines is 1. The first-order valence-corrected chi connectivity index (χ1v) is 6.30. The van der Waals surface area contributed by atoms with Gasteiger partial charge in [-0.25, -0.2) is 4.98 Å². The van der Waals surface area contributed by atoms with E-state index in [2.05, 4.69) is 47.0 Å². The van der Waals surface area contributed by atoms with Gasteiger partial charge in [0.2, 0.25) is 0 Å². The van der Waals surface area contributed by atoms with Crippen molar-refractivity contribution in [2.45, 2.75) is 20.4 Å². The first-order chi connectivity index (χ1) is 9.20. The first kappa shape index (κ1) is 11.9. The van der Waals surface area contributed by atoms with Crippen LogP contribution < -0.4 is 5.73 Å². The Bertz CT molecular complexity index is 743. The van der Waals surface area contributed by atoms with Crippen LogP contribution in [-0.2, 0) is 6.54 Å². The topological polar surface area (TPSA) is 67.6 Å². The van der Waals surface area contributed by atoms with Crippen LogP contribution in [0.5, 0.6) is 0 Å². The lowest BCUT2D eigenvalue weighted by molar-refractivity contribution is 0.964. The van der Waals surface area contributed by atoms with Gasteiger partial charge in [-0.2, -0.15) is 0 Å². The van der Waals surface area contributed by atoms with Gasteiger partial charge in [-0.3, -0.25) is 4.98 Å². The number of rotatable bonds is 2. The number of nitrogens with zero attached hydrogens (tertiary/aromatic N) is 2. The average Bonchev–Trinajstić information content (AvgIpc) is 2.78. The molecule has 0 fully saturated rings. The molecule has 0 atom stereocenters. The molecule has 0 aliphatic heterocycles. The van der Waals surface area contributed by atoms with Crippen LogP contribution in [0.15, 0.2) is 30.6 Å². The maximum Gasteiger partial charge on any atom is 0.105 e. The van der Waals surface area contributed by atoms with Crippen molar-refractivity contribution >= 4 is 10.9 Å². The van der Waals surface area contributed by atoms with Crippen LogP contribution in [0.4, 0.5) is 0 Å². The second kappa shape index (κ2) is 4.48. The molecule has 3 N–H and O–H groups in total. The van der Waals surface area contributed by atoms with E-state index in [1.807, 2.05) is 0 Å². The van der Waals surface area contributed by atoms with Crippen molar-refractivity contribution in [3.63, 3.8) is 0 Å². The Morgan fingerprint density at radius 1 is 1.21 bits per heavy atom. The van der Waals surface area contributed by atoms with E-state index in [4.69, 9.17) is 5.73 Å². The number of nitrogens with one attached hydrogen (secondary N) is 1. The lowest BCUT2D eigenvalue weighted by Crippen LogP contribution is -2.01. The van der Waals surface area contributed by atoms with E-state index < -0.39 is 0 Å². The van der Waals surface area contributed by atoms with Crippen LogP contribution in [0, 0.1) is 13.8 Å². The van der Waals surface area contributed by atoms with Crippen molar-refractivity contribution in [1.82, 2.24) is 15.0 Å². The van der Waals surface area contributed by atoms with Crippen LogP contribution in [-0.4, -0.2) is 15.0 Å². The minimum atomic E-state index is 0.402. The molecule has 4 nitrogen and oxygen atoms in total. The molecule has 3 aromatic rings. The molecule has 0 unspecified atom stereocenters. The van der Waals surface area contributed by atoms with Crippen molar-refractivity contribution in [2.24, 2.45) is 5.73 Å². The van der Waals surface area contributed by atoms with E-state index in [0.29, 0.717) is 6.54 Å². The van der Waals surface area contributed by atoms with E-state index >= 15 is 0 Å². The average molecular weight is 252 g/mol. The Kier molecular flexibility index (Phi) is 2.80. The molecule has 0 saturated carbocycles. The molecule has 0 aliphatic carbocycles. The highest BCUT2D eigenvalue weighted by atomic mass is 14.9. The van der Waals surface area contributed by atoms with Gasteiger partial charge in [-0.1, -0.05) is 18.2 Å². The zero-order valence-electron chi connectivity index (χ0n) is 11.1. The molecule has 0 bridgehead atoms. The quantitative estimate of drug-likeness (QED) is 0.736. The highest BCUT2D eigenvalue weighted by Gasteiger charge is 2.12. The van der Waals surface area contributed by atoms with E-state index in [9.17, 15) is 0 Å². The van der Waals surface area contributed by atoms with Crippen molar-refractivity contribution in [3.05, 3.63) is 47.4 Å². The van der Waals surface area contributed by atoms with E-state index in [-0.39, 0.29) is 0 Å². The standard InChI is InChI=1S/C15H16N4/c1-9-4-3-5-12-10(2)15(19-14(9)12)13-8-17-7-11(6-16)18-13/h3-5,7-8,19H,6,16H2,1-2H3. The molecule has 0 aliphatic rings. The highest BCUT2D eigenvalue weighted by molar-refractivity contribution is 5.91. The summed E-state index contributed by atoms with van der Waals surface area (Å²) in [6.07, 6.45) is 3.47. The first-order valence-electron chi connectivity index (χ1n) is 6.30. The van der Waals surface area contributed by atoms with E-state index in [1.54, 1.807) is 12.4 Å². The monoisotopic (exact) mass is 252 g/mol. The fourth-order valence-electron chi connectivity index (χ4n) is 2.38. The van der Waals surface area contributed by atoms with Gasteiger partial charge in [0.1, 0.15) is 5.69 Å². The number of fused-ring (bicyclic) bond motifs is 1. The minimum absolute atomic E-state index is 0.402. The molecule has 0 saturated heterocycles. The summed E-state index contributed by atoms with van der Waals surface area (Å²) in [6.45, 7) is 4.60. The Balaban J connectivity index is 2.25. The van der Waals surface area contributed by atoms with E-state index in [0.717, 1.165) is 22.6 Å². The zero-order valence-corrected chi connectivity index (χ0v) is 11.1. The van der Waals surface area contributed by atoms with Gasteiger partial charge in [0, 0.05) is 23.6 Å². The summed E-state index contributed by atoms with van der Waals surface area (Å²) >= 11 is 0. The van der Waals surface area contributed by atoms with Gasteiger partial charge in [0.15, 0.2) is 0 Å². The van der Waals surface area contributed by atoms with Gasteiger partial charge in [0.05, 0.1) is 17.6 Å². The number of hydrogen-bond acceptors (Lipinski definition) is 3. The van der Waals surface area contributed by atoms with Gasteiger partial charge in [-0.15, -0.1) is 0 Å². The van der Waals surface area contributed by atoms with Crippen molar-refractivity contribution in [1.29, 1.82) is 0 Å². The predicted molar refractivity (Wildman–Crippen MR) is 76.7 cm³/mol. The third-order valence-electron chi connectivity index (χ3n) is 3.45. The predicted octanol–water partition coefficient (Wildman–Crippen LogP) is 2.70.